The Balaban J connectivity index is 1.13. The third-order valence-electron chi connectivity index (χ3n) is 9.60. The normalized spacial score (nSPS) is 29.9. The summed E-state index contributed by atoms with van der Waals surface area (Å²) in [5.41, 5.74) is 3.32. The van der Waals surface area contributed by atoms with Gasteiger partial charge in [-0.2, -0.15) is 0 Å². The van der Waals surface area contributed by atoms with Crippen molar-refractivity contribution in [3.63, 3.8) is 0 Å². The first-order chi connectivity index (χ1) is 16.7. The molecule has 2 nitrogen and oxygen atoms in total. The molecule has 1 aromatic carbocycles. The SMILES string of the molecule is CCCCCC1CCC(c2ccc(C3=CCC(C4CCC5(CC4)OCCO5)CC3)c(F)c2)CC1. The number of benzene rings is 1. The Morgan fingerprint density at radius 2 is 1.68 bits per heavy atom. The largest absolute Gasteiger partial charge is 0.348 e. The van der Waals surface area contributed by atoms with Gasteiger partial charge >= 0.3 is 0 Å². The molecule has 0 N–H and O–H groups in total. The van der Waals surface area contributed by atoms with Gasteiger partial charge in [-0.3, -0.25) is 0 Å². The number of ether oxygens (including phenoxy) is 2. The van der Waals surface area contributed by atoms with E-state index < -0.39 is 0 Å². The number of halogens is 1. The van der Waals surface area contributed by atoms with E-state index in [1.165, 1.54) is 81.8 Å². The van der Waals surface area contributed by atoms with Gasteiger partial charge in [0.2, 0.25) is 0 Å². The second-order valence-corrected chi connectivity index (χ2v) is 11.7. The van der Waals surface area contributed by atoms with Gasteiger partial charge in [0.15, 0.2) is 5.79 Å². The van der Waals surface area contributed by atoms with Crippen molar-refractivity contribution in [2.75, 3.05) is 13.2 Å². The van der Waals surface area contributed by atoms with Crippen LogP contribution < -0.4 is 0 Å². The minimum Gasteiger partial charge on any atom is -0.348 e. The molecular formula is C31H45FO2. The first kappa shape index (κ1) is 24.5. The molecule has 1 unspecified atom stereocenters. The van der Waals surface area contributed by atoms with Crippen LogP contribution in [0.2, 0.25) is 0 Å². The van der Waals surface area contributed by atoms with E-state index >= 15 is 4.39 Å². The molecule has 0 radical (unpaired) electrons. The topological polar surface area (TPSA) is 18.5 Å². The lowest BCUT2D eigenvalue weighted by atomic mass is 9.72. The van der Waals surface area contributed by atoms with E-state index in [0.29, 0.717) is 5.92 Å². The molecule has 0 aromatic heterocycles. The van der Waals surface area contributed by atoms with Crippen molar-refractivity contribution in [3.8, 4) is 0 Å². The number of hydrogen-bond donors (Lipinski definition) is 0. The molecule has 1 heterocycles. The van der Waals surface area contributed by atoms with Gasteiger partial charge in [-0.1, -0.05) is 50.8 Å². The molecule has 1 aliphatic heterocycles. The monoisotopic (exact) mass is 468 g/mol. The van der Waals surface area contributed by atoms with Crippen molar-refractivity contribution in [2.45, 2.75) is 115 Å². The number of rotatable bonds is 7. The summed E-state index contributed by atoms with van der Waals surface area (Å²) in [5, 5.41) is 0. The summed E-state index contributed by atoms with van der Waals surface area (Å²) in [7, 11) is 0. The van der Waals surface area contributed by atoms with Crippen molar-refractivity contribution in [1.82, 2.24) is 0 Å². The maximum Gasteiger partial charge on any atom is 0.168 e. The molecule has 3 heteroatoms. The lowest BCUT2D eigenvalue weighted by molar-refractivity contribution is -0.184. The van der Waals surface area contributed by atoms with E-state index in [9.17, 15) is 0 Å². The smallest absolute Gasteiger partial charge is 0.168 e. The van der Waals surface area contributed by atoms with Crippen molar-refractivity contribution in [2.24, 2.45) is 17.8 Å². The minimum absolute atomic E-state index is 0.00223. The molecule has 1 spiro atoms. The van der Waals surface area contributed by atoms with Crippen molar-refractivity contribution in [1.29, 1.82) is 0 Å². The van der Waals surface area contributed by atoms with Gasteiger partial charge in [-0.25, -0.2) is 4.39 Å². The zero-order valence-corrected chi connectivity index (χ0v) is 21.3. The van der Waals surface area contributed by atoms with E-state index in [4.69, 9.17) is 9.47 Å². The first-order valence-electron chi connectivity index (χ1n) is 14.4. The Morgan fingerprint density at radius 3 is 2.32 bits per heavy atom. The quantitative estimate of drug-likeness (QED) is 0.372. The molecule has 34 heavy (non-hydrogen) atoms. The van der Waals surface area contributed by atoms with Crippen molar-refractivity contribution in [3.05, 3.63) is 41.2 Å². The Labute approximate surface area is 206 Å². The number of allylic oxidation sites excluding steroid dienone is 2. The zero-order chi connectivity index (χ0) is 23.4. The molecular weight excluding hydrogens is 423 g/mol. The molecule has 4 aliphatic rings. The van der Waals surface area contributed by atoms with Gasteiger partial charge in [0.1, 0.15) is 5.82 Å². The second-order valence-electron chi connectivity index (χ2n) is 11.7. The zero-order valence-electron chi connectivity index (χ0n) is 21.3. The van der Waals surface area contributed by atoms with Gasteiger partial charge in [0.05, 0.1) is 13.2 Å². The van der Waals surface area contributed by atoms with Crippen molar-refractivity contribution < 1.29 is 13.9 Å². The van der Waals surface area contributed by atoms with Crippen LogP contribution in [0.1, 0.15) is 120 Å². The van der Waals surface area contributed by atoms with Gasteiger partial charge in [-0.05, 0) is 98.7 Å². The van der Waals surface area contributed by atoms with Crippen LogP contribution in [0.3, 0.4) is 0 Å². The summed E-state index contributed by atoms with van der Waals surface area (Å²) >= 11 is 0. The molecule has 0 amide bonds. The lowest BCUT2D eigenvalue weighted by Gasteiger charge is -2.39. The molecule has 188 valence electrons. The third kappa shape index (κ3) is 5.62. The van der Waals surface area contributed by atoms with Crippen molar-refractivity contribution >= 4 is 5.57 Å². The highest BCUT2D eigenvalue weighted by Gasteiger charge is 2.42. The number of hydrogen-bond acceptors (Lipinski definition) is 2. The van der Waals surface area contributed by atoms with Crippen LogP contribution in [0.25, 0.3) is 5.57 Å². The fraction of sp³-hybridized carbons (Fsp3) is 0.742. The first-order valence-corrected chi connectivity index (χ1v) is 14.4. The Morgan fingerprint density at radius 1 is 0.912 bits per heavy atom. The van der Waals surface area contributed by atoms with Crippen LogP contribution in [-0.2, 0) is 9.47 Å². The van der Waals surface area contributed by atoms with E-state index in [2.05, 4.69) is 25.1 Å². The summed E-state index contributed by atoms with van der Waals surface area (Å²) in [4.78, 5) is 0. The molecule has 0 bridgehead atoms. The minimum atomic E-state index is -0.259. The predicted octanol–water partition coefficient (Wildman–Crippen LogP) is 8.80. The maximum absolute atomic E-state index is 15.2. The van der Waals surface area contributed by atoms with E-state index in [0.717, 1.165) is 62.2 Å². The standard InChI is InChI=1S/C31H45FO2/c1-2-3-4-5-23-6-8-25(9-7-23)28-14-15-29(30(32)22-28)27-12-10-24(11-13-27)26-16-18-31(19-17-26)33-20-21-34-31/h12,14-15,22-26H,2-11,13,16-21H2,1H3. The Kier molecular flexibility index (Phi) is 8.11. The fourth-order valence-electron chi connectivity index (χ4n) is 7.38. The van der Waals surface area contributed by atoms with E-state index in [1.54, 1.807) is 0 Å². The van der Waals surface area contributed by atoms with Crippen LogP contribution in [0, 0.1) is 23.6 Å². The second kappa shape index (κ2) is 11.2. The summed E-state index contributed by atoms with van der Waals surface area (Å²) in [6.07, 6.45) is 20.7. The third-order valence-corrected chi connectivity index (χ3v) is 9.60. The van der Waals surface area contributed by atoms with E-state index in [1.807, 2.05) is 6.07 Å². The Hall–Kier alpha value is -1.19. The number of unbranched alkanes of at least 4 members (excludes halogenated alkanes) is 2. The summed E-state index contributed by atoms with van der Waals surface area (Å²) in [6.45, 7) is 3.79. The van der Waals surface area contributed by atoms with Crippen LogP contribution >= 0.6 is 0 Å². The highest BCUT2D eigenvalue weighted by molar-refractivity contribution is 5.67. The molecule has 1 atom stereocenters. The molecule has 5 rings (SSSR count). The summed E-state index contributed by atoms with van der Waals surface area (Å²) < 4.78 is 27.0. The molecule has 1 saturated heterocycles. The highest BCUT2D eigenvalue weighted by atomic mass is 19.1. The van der Waals surface area contributed by atoms with Crippen LogP contribution in [-0.4, -0.2) is 19.0 Å². The summed E-state index contributed by atoms with van der Waals surface area (Å²) in [5.74, 6) is 2.70. The predicted molar refractivity (Wildman–Crippen MR) is 137 cm³/mol. The lowest BCUT2D eigenvalue weighted by Crippen LogP contribution is -2.37. The van der Waals surface area contributed by atoms with Gasteiger partial charge in [0.25, 0.3) is 0 Å². The Bertz CT molecular complexity index is 822. The van der Waals surface area contributed by atoms with Crippen LogP contribution in [0.4, 0.5) is 4.39 Å². The molecule has 3 aliphatic carbocycles. The molecule has 1 aromatic rings. The van der Waals surface area contributed by atoms with Crippen LogP contribution in [0.15, 0.2) is 24.3 Å². The molecule has 2 saturated carbocycles. The van der Waals surface area contributed by atoms with Crippen LogP contribution in [0.5, 0.6) is 0 Å². The van der Waals surface area contributed by atoms with E-state index in [-0.39, 0.29) is 11.6 Å². The van der Waals surface area contributed by atoms with Gasteiger partial charge < -0.3 is 9.47 Å². The molecule has 3 fully saturated rings. The summed E-state index contributed by atoms with van der Waals surface area (Å²) in [6, 6.07) is 6.19. The highest BCUT2D eigenvalue weighted by Crippen LogP contribution is 2.45. The van der Waals surface area contributed by atoms with Gasteiger partial charge in [0, 0.05) is 18.4 Å². The maximum atomic E-state index is 15.2. The average Bonchev–Trinajstić information content (AvgIpc) is 3.33. The average molecular weight is 469 g/mol. The fourth-order valence-corrected chi connectivity index (χ4v) is 7.38. The van der Waals surface area contributed by atoms with Gasteiger partial charge in [-0.15, -0.1) is 0 Å².